The van der Waals surface area contributed by atoms with Crippen molar-refractivity contribution in [2.75, 3.05) is 0 Å². The molecule has 0 saturated heterocycles. The van der Waals surface area contributed by atoms with Gasteiger partial charge < -0.3 is 9.67 Å². The number of carboxylic acids is 1. The number of pyridine rings is 1. The highest BCUT2D eigenvalue weighted by molar-refractivity contribution is 5.86. The summed E-state index contributed by atoms with van der Waals surface area (Å²) >= 11 is 0. The normalized spacial score (nSPS) is 12.7. The van der Waals surface area contributed by atoms with Gasteiger partial charge >= 0.3 is 5.97 Å². The number of hydrogen-bond acceptors (Lipinski definition) is 4. The van der Waals surface area contributed by atoms with E-state index in [1.807, 2.05) is 37.3 Å². The summed E-state index contributed by atoms with van der Waals surface area (Å²) in [5.74, 6) is -1.27. The van der Waals surface area contributed by atoms with Gasteiger partial charge in [-0.3, -0.25) is 4.79 Å². The second-order valence-electron chi connectivity index (χ2n) is 7.39. The van der Waals surface area contributed by atoms with E-state index in [2.05, 4.69) is 4.98 Å². The van der Waals surface area contributed by atoms with Gasteiger partial charge in [0.2, 0.25) is 0 Å². The predicted molar refractivity (Wildman–Crippen MR) is 111 cm³/mol. The van der Waals surface area contributed by atoms with Crippen LogP contribution in [0.4, 0.5) is 0 Å². The van der Waals surface area contributed by atoms with E-state index in [9.17, 15) is 14.7 Å². The van der Waals surface area contributed by atoms with Crippen LogP contribution >= 0.6 is 0 Å². The van der Waals surface area contributed by atoms with Crippen molar-refractivity contribution in [2.24, 2.45) is 5.92 Å². The summed E-state index contributed by atoms with van der Waals surface area (Å²) in [6.07, 6.45) is 3.79. The van der Waals surface area contributed by atoms with Crippen molar-refractivity contribution in [3.8, 4) is 11.1 Å². The molecule has 0 unspecified atom stereocenters. The molecule has 0 amide bonds. The summed E-state index contributed by atoms with van der Waals surface area (Å²) in [4.78, 5) is 29.3. The van der Waals surface area contributed by atoms with Crippen molar-refractivity contribution in [2.45, 2.75) is 33.2 Å². The Bertz CT molecular complexity index is 1270. The summed E-state index contributed by atoms with van der Waals surface area (Å²) in [5, 5.41) is 14.6. The van der Waals surface area contributed by atoms with Gasteiger partial charge in [0, 0.05) is 18.0 Å². The minimum Gasteiger partial charge on any atom is -0.480 e. The van der Waals surface area contributed by atoms with Crippen LogP contribution in [0.5, 0.6) is 0 Å². The molecule has 29 heavy (non-hydrogen) atoms. The lowest BCUT2D eigenvalue weighted by atomic mass is 10.0. The summed E-state index contributed by atoms with van der Waals surface area (Å²) in [6, 6.07) is 10.7. The molecule has 7 nitrogen and oxygen atoms in total. The van der Waals surface area contributed by atoms with E-state index in [4.69, 9.17) is 5.10 Å². The molecule has 0 spiro atoms. The fourth-order valence-electron chi connectivity index (χ4n) is 3.82. The van der Waals surface area contributed by atoms with Crippen LogP contribution in [-0.4, -0.2) is 30.2 Å². The highest BCUT2D eigenvalue weighted by atomic mass is 16.4. The lowest BCUT2D eigenvalue weighted by molar-refractivity contribution is -0.142. The molecule has 7 heteroatoms. The Kier molecular flexibility index (Phi) is 4.66. The van der Waals surface area contributed by atoms with E-state index in [-0.39, 0.29) is 11.5 Å². The van der Waals surface area contributed by atoms with Gasteiger partial charge in [0.25, 0.3) is 5.56 Å². The molecule has 1 N–H and O–H groups in total. The Morgan fingerprint density at radius 2 is 1.90 bits per heavy atom. The summed E-state index contributed by atoms with van der Waals surface area (Å²) in [7, 11) is 0. The van der Waals surface area contributed by atoms with Crippen molar-refractivity contribution in [3.63, 3.8) is 0 Å². The Labute approximate surface area is 167 Å². The molecule has 0 saturated carbocycles. The molecule has 0 radical (unpaired) electrons. The SMILES string of the molecule is CCc1nn2c(ncc3c(=O)n([C@H](C(=O)O)C(C)C)ccc32)c1-c1ccccc1. The molecule has 3 aromatic heterocycles. The summed E-state index contributed by atoms with van der Waals surface area (Å²) in [6.45, 7) is 5.59. The second kappa shape index (κ2) is 7.16. The number of carbonyl (C=O) groups is 1. The molecule has 0 aliphatic rings. The zero-order valence-electron chi connectivity index (χ0n) is 16.5. The maximum absolute atomic E-state index is 13.1. The van der Waals surface area contributed by atoms with Gasteiger partial charge in [-0.15, -0.1) is 0 Å². The largest absolute Gasteiger partial charge is 0.480 e. The van der Waals surface area contributed by atoms with Gasteiger partial charge in [0.05, 0.1) is 16.6 Å². The van der Waals surface area contributed by atoms with Crippen molar-refractivity contribution in [3.05, 3.63) is 64.8 Å². The van der Waals surface area contributed by atoms with Gasteiger partial charge in [0.15, 0.2) is 5.65 Å². The molecule has 4 aromatic rings. The monoisotopic (exact) mass is 390 g/mol. The van der Waals surface area contributed by atoms with Crippen LogP contribution in [0, 0.1) is 5.92 Å². The number of aliphatic carboxylic acids is 1. The predicted octanol–water partition coefficient (Wildman–Crippen LogP) is 3.56. The molecule has 4 rings (SSSR count). The average molecular weight is 390 g/mol. The van der Waals surface area contributed by atoms with E-state index in [0.717, 1.165) is 23.2 Å². The number of rotatable bonds is 5. The molecule has 0 aliphatic carbocycles. The Morgan fingerprint density at radius 1 is 1.17 bits per heavy atom. The molecule has 1 atom stereocenters. The minimum atomic E-state index is -1.03. The third-order valence-electron chi connectivity index (χ3n) is 5.19. The highest BCUT2D eigenvalue weighted by Crippen LogP contribution is 2.29. The molecule has 0 bridgehead atoms. The second-order valence-corrected chi connectivity index (χ2v) is 7.39. The number of aromatic nitrogens is 4. The molecule has 3 heterocycles. The Balaban J connectivity index is 2.01. The van der Waals surface area contributed by atoms with Crippen LogP contribution in [0.2, 0.25) is 0 Å². The summed E-state index contributed by atoms with van der Waals surface area (Å²) < 4.78 is 2.96. The summed E-state index contributed by atoms with van der Waals surface area (Å²) in [5.41, 5.74) is 3.77. The number of benzene rings is 1. The van der Waals surface area contributed by atoms with E-state index in [0.29, 0.717) is 16.6 Å². The Hall–Kier alpha value is -3.48. The number of hydrogen-bond donors (Lipinski definition) is 1. The van der Waals surface area contributed by atoms with E-state index in [1.165, 1.54) is 10.8 Å². The topological polar surface area (TPSA) is 89.5 Å². The quantitative estimate of drug-likeness (QED) is 0.563. The maximum Gasteiger partial charge on any atom is 0.327 e. The third kappa shape index (κ3) is 2.99. The van der Waals surface area contributed by atoms with E-state index < -0.39 is 12.0 Å². The van der Waals surface area contributed by atoms with Crippen molar-refractivity contribution in [1.82, 2.24) is 19.2 Å². The molecule has 0 fully saturated rings. The first-order chi connectivity index (χ1) is 13.9. The van der Waals surface area contributed by atoms with Gasteiger partial charge in [0.1, 0.15) is 6.04 Å². The van der Waals surface area contributed by atoms with Crippen LogP contribution in [-0.2, 0) is 11.2 Å². The van der Waals surface area contributed by atoms with Gasteiger partial charge in [-0.2, -0.15) is 5.10 Å². The standard InChI is InChI=1S/C22H22N4O3/c1-4-16-18(14-8-6-5-7-9-14)20-23-12-15-17(26(20)24-16)10-11-25(21(15)27)19(13(2)3)22(28)29/h5-13,19H,4H2,1-3H3,(H,28,29)/t19-/m0/s1. The van der Waals surface area contributed by atoms with E-state index >= 15 is 0 Å². The molecule has 148 valence electrons. The minimum absolute atomic E-state index is 0.236. The third-order valence-corrected chi connectivity index (χ3v) is 5.19. The number of aryl methyl sites for hydroxylation is 1. The molecular formula is C22H22N4O3. The van der Waals surface area contributed by atoms with Crippen LogP contribution in [0.1, 0.15) is 32.5 Å². The van der Waals surface area contributed by atoms with Crippen molar-refractivity contribution < 1.29 is 9.90 Å². The maximum atomic E-state index is 13.1. The van der Waals surface area contributed by atoms with Crippen LogP contribution in [0.15, 0.2) is 53.6 Å². The van der Waals surface area contributed by atoms with Crippen LogP contribution in [0.25, 0.3) is 27.7 Å². The number of nitrogens with zero attached hydrogens (tertiary/aromatic N) is 4. The van der Waals surface area contributed by atoms with Gasteiger partial charge in [-0.05, 0) is 24.0 Å². The fraction of sp³-hybridized carbons (Fsp3) is 0.273. The molecule has 0 aliphatic heterocycles. The zero-order valence-corrected chi connectivity index (χ0v) is 16.5. The number of carboxylic acid groups (broad SMARTS) is 1. The zero-order chi connectivity index (χ0) is 20.7. The van der Waals surface area contributed by atoms with E-state index in [1.54, 1.807) is 30.6 Å². The van der Waals surface area contributed by atoms with Crippen molar-refractivity contribution in [1.29, 1.82) is 0 Å². The highest BCUT2D eigenvalue weighted by Gasteiger charge is 2.25. The first-order valence-corrected chi connectivity index (χ1v) is 9.63. The lowest BCUT2D eigenvalue weighted by Gasteiger charge is -2.19. The number of fused-ring (bicyclic) bond motifs is 3. The van der Waals surface area contributed by atoms with Gasteiger partial charge in [-0.1, -0.05) is 51.1 Å². The lowest BCUT2D eigenvalue weighted by Crippen LogP contribution is -2.33. The first kappa shape index (κ1) is 18.9. The molecule has 1 aromatic carbocycles. The van der Waals surface area contributed by atoms with Crippen LogP contribution in [0.3, 0.4) is 0 Å². The van der Waals surface area contributed by atoms with Gasteiger partial charge in [-0.25, -0.2) is 14.3 Å². The smallest absolute Gasteiger partial charge is 0.327 e. The van der Waals surface area contributed by atoms with Crippen LogP contribution < -0.4 is 5.56 Å². The first-order valence-electron chi connectivity index (χ1n) is 9.63. The molecular weight excluding hydrogens is 368 g/mol. The average Bonchev–Trinajstić information content (AvgIpc) is 3.09. The Morgan fingerprint density at radius 3 is 2.52 bits per heavy atom. The fourth-order valence-corrected chi connectivity index (χ4v) is 3.82. The van der Waals surface area contributed by atoms with Crippen molar-refractivity contribution >= 4 is 22.5 Å².